The lowest BCUT2D eigenvalue weighted by atomic mass is 10.0. The van der Waals surface area contributed by atoms with Gasteiger partial charge in [-0.25, -0.2) is 0 Å². The Kier molecular flexibility index (Phi) is 32.0. The van der Waals surface area contributed by atoms with Gasteiger partial charge in [0, 0.05) is 0 Å². The number of rotatable bonds is 34. The first kappa shape index (κ1) is 45.5. The lowest BCUT2D eigenvalue weighted by molar-refractivity contribution is -0.130. The molecule has 0 aliphatic carbocycles. The fourth-order valence-electron chi connectivity index (χ4n) is 5.79. The van der Waals surface area contributed by atoms with E-state index in [-0.39, 0.29) is 6.42 Å². The molecule has 0 aromatic carbocycles. The molecule has 0 bridgehead atoms. The highest BCUT2D eigenvalue weighted by atomic mass is 32.2. The Morgan fingerprint density at radius 2 is 1.00 bits per heavy atom. The van der Waals surface area contributed by atoms with E-state index in [9.17, 15) is 28.0 Å². The molecule has 0 saturated carbocycles. The SMILES string of the molecule is C/C=C/CC/C=C/CC/C=C/C(O)C(CS(=O)(=O)O)NC(=O)C(O)CCCCCCCCCCCCCCCCCCCCCCC. The first-order valence-electron chi connectivity index (χ1n) is 19.3. The summed E-state index contributed by atoms with van der Waals surface area (Å²) >= 11 is 0. The summed E-state index contributed by atoms with van der Waals surface area (Å²) in [5.41, 5.74) is 0. The minimum Gasteiger partial charge on any atom is -0.387 e. The molecule has 276 valence electrons. The van der Waals surface area contributed by atoms with E-state index in [1.165, 1.54) is 115 Å². The van der Waals surface area contributed by atoms with Crippen LogP contribution < -0.4 is 5.32 Å². The Balaban J connectivity index is 3.92. The average Bonchev–Trinajstić information content (AvgIpc) is 3.03. The third kappa shape index (κ3) is 32.8. The van der Waals surface area contributed by atoms with Crippen molar-refractivity contribution in [1.29, 1.82) is 0 Å². The highest BCUT2D eigenvalue weighted by Gasteiger charge is 2.27. The molecule has 3 atom stereocenters. The minimum atomic E-state index is -4.45. The normalized spacial score (nSPS) is 14.4. The van der Waals surface area contributed by atoms with E-state index in [2.05, 4.69) is 30.5 Å². The second-order valence-electron chi connectivity index (χ2n) is 13.4. The van der Waals surface area contributed by atoms with Crippen molar-refractivity contribution in [3.63, 3.8) is 0 Å². The van der Waals surface area contributed by atoms with Crippen LogP contribution in [0.15, 0.2) is 36.5 Å². The number of nitrogens with one attached hydrogen (secondary N) is 1. The molecule has 1 amide bonds. The molecule has 0 radical (unpaired) electrons. The van der Waals surface area contributed by atoms with Gasteiger partial charge in [0.1, 0.15) is 6.10 Å². The van der Waals surface area contributed by atoms with Gasteiger partial charge in [-0.3, -0.25) is 9.35 Å². The van der Waals surface area contributed by atoms with Crippen LogP contribution in [-0.4, -0.2) is 53.1 Å². The predicted octanol–water partition coefficient (Wildman–Crippen LogP) is 9.93. The van der Waals surface area contributed by atoms with Crippen molar-refractivity contribution in [3.05, 3.63) is 36.5 Å². The predicted molar refractivity (Wildman–Crippen MR) is 199 cm³/mol. The van der Waals surface area contributed by atoms with Gasteiger partial charge in [-0.2, -0.15) is 8.42 Å². The molecule has 4 N–H and O–H groups in total. The van der Waals surface area contributed by atoms with Crippen molar-refractivity contribution in [1.82, 2.24) is 5.32 Å². The van der Waals surface area contributed by atoms with Gasteiger partial charge in [-0.1, -0.05) is 178 Å². The second kappa shape index (κ2) is 33.0. The standard InChI is InChI=1S/C39H73NO6S/c1-3-5-7-9-11-13-14-15-16-17-18-19-20-21-22-23-24-26-28-30-32-34-38(42)39(43)40-36(35-47(44,45)46)37(41)33-31-29-27-25-12-10-8-6-4-2/h4,6,12,25,31,33,36-38,41-42H,3,5,7-11,13-24,26-30,32,34-35H2,1-2H3,(H,40,43)(H,44,45,46)/b6-4+,25-12+,33-31+. The summed E-state index contributed by atoms with van der Waals surface area (Å²) in [6, 6.07) is -1.25. The van der Waals surface area contributed by atoms with Gasteiger partial charge in [0.2, 0.25) is 5.91 Å². The zero-order chi connectivity index (χ0) is 34.9. The summed E-state index contributed by atoms with van der Waals surface area (Å²) in [5, 5.41) is 23.2. The molecule has 0 spiro atoms. The number of carbonyl (C=O) groups excluding carboxylic acids is 1. The van der Waals surface area contributed by atoms with Crippen molar-refractivity contribution in [2.24, 2.45) is 0 Å². The number of aliphatic hydroxyl groups is 2. The van der Waals surface area contributed by atoms with E-state index in [0.29, 0.717) is 12.8 Å². The zero-order valence-electron chi connectivity index (χ0n) is 30.3. The molecule has 0 aromatic heterocycles. The number of hydrogen-bond donors (Lipinski definition) is 4. The van der Waals surface area contributed by atoms with Crippen LogP contribution in [0.25, 0.3) is 0 Å². The summed E-state index contributed by atoms with van der Waals surface area (Å²) in [4.78, 5) is 12.5. The van der Waals surface area contributed by atoms with E-state index in [1.54, 1.807) is 6.08 Å². The smallest absolute Gasteiger partial charge is 0.267 e. The van der Waals surface area contributed by atoms with Gasteiger partial charge < -0.3 is 15.5 Å². The third-order valence-corrected chi connectivity index (χ3v) is 9.53. The molecule has 7 nitrogen and oxygen atoms in total. The number of hydrogen-bond acceptors (Lipinski definition) is 5. The molecule has 0 saturated heterocycles. The summed E-state index contributed by atoms with van der Waals surface area (Å²) in [5.74, 6) is -1.57. The van der Waals surface area contributed by atoms with E-state index < -0.39 is 40.0 Å². The highest BCUT2D eigenvalue weighted by Crippen LogP contribution is 2.16. The Morgan fingerprint density at radius 1 is 0.617 bits per heavy atom. The molecule has 0 aliphatic rings. The van der Waals surface area contributed by atoms with Crippen LogP contribution in [0.1, 0.15) is 181 Å². The molecular formula is C39H73NO6S. The number of amides is 1. The van der Waals surface area contributed by atoms with Crippen molar-refractivity contribution in [3.8, 4) is 0 Å². The number of unbranched alkanes of at least 4 members (excludes halogenated alkanes) is 22. The maximum absolute atomic E-state index is 12.5. The van der Waals surface area contributed by atoms with Gasteiger partial charge in [0.25, 0.3) is 10.1 Å². The summed E-state index contributed by atoms with van der Waals surface area (Å²) < 4.78 is 32.3. The van der Waals surface area contributed by atoms with Crippen molar-refractivity contribution < 1.29 is 28.0 Å². The second-order valence-corrected chi connectivity index (χ2v) is 14.9. The maximum atomic E-state index is 12.5. The van der Waals surface area contributed by atoms with E-state index in [1.807, 2.05) is 13.0 Å². The molecule has 0 aromatic rings. The first-order valence-corrected chi connectivity index (χ1v) is 20.9. The van der Waals surface area contributed by atoms with Crippen LogP contribution in [0.4, 0.5) is 0 Å². The molecule has 0 heterocycles. The van der Waals surface area contributed by atoms with Gasteiger partial charge >= 0.3 is 0 Å². The molecule has 0 aliphatic heterocycles. The number of aliphatic hydroxyl groups excluding tert-OH is 2. The fourth-order valence-corrected chi connectivity index (χ4v) is 6.52. The van der Waals surface area contributed by atoms with E-state index in [4.69, 9.17) is 0 Å². The summed E-state index contributed by atoms with van der Waals surface area (Å²) in [6.07, 6.45) is 39.6. The topological polar surface area (TPSA) is 124 Å². The Bertz CT molecular complexity index is 901. The highest BCUT2D eigenvalue weighted by molar-refractivity contribution is 7.85. The minimum absolute atomic E-state index is 0.274. The van der Waals surface area contributed by atoms with Gasteiger partial charge in [-0.15, -0.1) is 0 Å². The van der Waals surface area contributed by atoms with Crippen molar-refractivity contribution in [2.75, 3.05) is 5.75 Å². The summed E-state index contributed by atoms with van der Waals surface area (Å²) in [6.45, 7) is 4.26. The van der Waals surface area contributed by atoms with E-state index >= 15 is 0 Å². The third-order valence-electron chi connectivity index (χ3n) is 8.75. The largest absolute Gasteiger partial charge is 0.387 e. The van der Waals surface area contributed by atoms with Gasteiger partial charge in [0.05, 0.1) is 17.9 Å². The zero-order valence-corrected chi connectivity index (χ0v) is 31.1. The van der Waals surface area contributed by atoms with E-state index in [0.717, 1.165) is 38.5 Å². The van der Waals surface area contributed by atoms with Crippen LogP contribution in [0.2, 0.25) is 0 Å². The van der Waals surface area contributed by atoms with Crippen LogP contribution in [0.3, 0.4) is 0 Å². The Hall–Kier alpha value is -1.48. The van der Waals surface area contributed by atoms with Gasteiger partial charge in [-0.05, 0) is 39.0 Å². The summed E-state index contributed by atoms with van der Waals surface area (Å²) in [7, 11) is -4.45. The molecule has 47 heavy (non-hydrogen) atoms. The molecule has 0 fully saturated rings. The van der Waals surface area contributed by atoms with Crippen LogP contribution >= 0.6 is 0 Å². The lowest BCUT2D eigenvalue weighted by Gasteiger charge is -2.22. The van der Waals surface area contributed by atoms with Crippen LogP contribution in [0.5, 0.6) is 0 Å². The van der Waals surface area contributed by atoms with Gasteiger partial charge in [0.15, 0.2) is 0 Å². The maximum Gasteiger partial charge on any atom is 0.267 e. The molecule has 8 heteroatoms. The average molecular weight is 684 g/mol. The fraction of sp³-hybridized carbons (Fsp3) is 0.821. The molecule has 3 unspecified atom stereocenters. The van der Waals surface area contributed by atoms with Crippen LogP contribution in [-0.2, 0) is 14.9 Å². The quantitative estimate of drug-likeness (QED) is 0.0304. The van der Waals surface area contributed by atoms with Crippen LogP contribution in [0, 0.1) is 0 Å². The number of carbonyl (C=O) groups is 1. The first-order chi connectivity index (χ1) is 22.7. The van der Waals surface area contributed by atoms with Crippen molar-refractivity contribution >= 4 is 16.0 Å². The van der Waals surface area contributed by atoms with Crippen molar-refractivity contribution in [2.45, 2.75) is 199 Å². The number of allylic oxidation sites excluding steroid dienone is 5. The molecule has 0 rings (SSSR count). The molecular weight excluding hydrogens is 610 g/mol. The Labute approximate surface area is 289 Å². The monoisotopic (exact) mass is 684 g/mol. The Morgan fingerprint density at radius 3 is 1.40 bits per heavy atom. The lowest BCUT2D eigenvalue weighted by Crippen LogP contribution is -2.50.